The van der Waals surface area contributed by atoms with Crippen LogP contribution in [0.4, 0.5) is 0 Å². The number of hydrogen-bond donors (Lipinski definition) is 4. The smallest absolute Gasteiger partial charge is 0.335 e. The van der Waals surface area contributed by atoms with E-state index in [-0.39, 0.29) is 23.5 Å². The summed E-state index contributed by atoms with van der Waals surface area (Å²) in [6.07, 6.45) is -0.275. The summed E-state index contributed by atoms with van der Waals surface area (Å²) < 4.78 is 0. The van der Waals surface area contributed by atoms with Gasteiger partial charge >= 0.3 is 5.97 Å². The minimum atomic E-state index is -1.97. The second kappa shape index (κ2) is 3.78. The number of aliphatic carboxylic acids is 1. The van der Waals surface area contributed by atoms with Crippen LogP contribution in [-0.2, 0) is 11.2 Å². The Balaban J connectivity index is 2.99. The van der Waals surface area contributed by atoms with Gasteiger partial charge in [-0.05, 0) is 25.1 Å². The minimum absolute atomic E-state index is 0.0935. The van der Waals surface area contributed by atoms with Gasteiger partial charge in [0.25, 0.3) is 0 Å². The van der Waals surface area contributed by atoms with E-state index in [1.165, 1.54) is 18.2 Å². The Morgan fingerprint density at radius 2 is 2.00 bits per heavy atom. The van der Waals surface area contributed by atoms with Gasteiger partial charge < -0.3 is 20.4 Å². The largest absolute Gasteiger partial charge is 0.508 e. The first-order valence-electron chi connectivity index (χ1n) is 4.29. The molecule has 0 bridgehead atoms. The lowest BCUT2D eigenvalue weighted by atomic mass is 9.96. The summed E-state index contributed by atoms with van der Waals surface area (Å²) in [5.41, 5.74) is -1.78. The van der Waals surface area contributed by atoms with Crippen molar-refractivity contribution < 1.29 is 25.2 Å². The molecule has 0 fully saturated rings. The molecule has 0 saturated carbocycles. The van der Waals surface area contributed by atoms with Gasteiger partial charge in [0.15, 0.2) is 5.60 Å². The summed E-state index contributed by atoms with van der Waals surface area (Å²) in [4.78, 5) is 10.6. The average Bonchev–Trinajstić information content (AvgIpc) is 2.10. The van der Waals surface area contributed by atoms with Crippen LogP contribution in [0.25, 0.3) is 0 Å². The van der Waals surface area contributed by atoms with Gasteiger partial charge in [-0.15, -0.1) is 0 Å². The summed E-state index contributed by atoms with van der Waals surface area (Å²) in [7, 11) is 0. The molecule has 0 heterocycles. The Bertz CT molecular complexity index is 383. The first kappa shape index (κ1) is 11.3. The number of hydrogen-bond acceptors (Lipinski definition) is 4. The summed E-state index contributed by atoms with van der Waals surface area (Å²) >= 11 is 0. The number of aromatic hydroxyl groups is 2. The number of phenols is 2. The van der Waals surface area contributed by atoms with Crippen LogP contribution in [0.2, 0.25) is 0 Å². The lowest BCUT2D eigenvalue weighted by molar-refractivity contribution is -0.156. The van der Waals surface area contributed by atoms with Crippen LogP contribution in [0.1, 0.15) is 12.5 Å². The third-order valence-corrected chi connectivity index (χ3v) is 2.06. The second-order valence-corrected chi connectivity index (χ2v) is 3.57. The van der Waals surface area contributed by atoms with Crippen LogP contribution in [0, 0.1) is 0 Å². The summed E-state index contributed by atoms with van der Waals surface area (Å²) in [5, 5.41) is 36.6. The topological polar surface area (TPSA) is 98.0 Å². The molecular formula is C10H12O5. The standard InChI is InChI=1S/C10H12O5/c1-10(15,9(13)14)5-6-4-7(11)2-3-8(6)12/h2-4,11-12,15H,5H2,1H3,(H,13,14). The number of aliphatic hydroxyl groups is 1. The highest BCUT2D eigenvalue weighted by molar-refractivity contribution is 5.77. The molecule has 1 aromatic carbocycles. The number of phenolic OH excluding ortho intramolecular Hbond substituents is 2. The van der Waals surface area contributed by atoms with Crippen molar-refractivity contribution in [1.82, 2.24) is 0 Å². The second-order valence-electron chi connectivity index (χ2n) is 3.57. The molecule has 1 atom stereocenters. The zero-order chi connectivity index (χ0) is 11.6. The molecule has 0 amide bonds. The molecule has 1 aromatic rings. The number of carboxylic acid groups (broad SMARTS) is 1. The summed E-state index contributed by atoms with van der Waals surface area (Å²) in [5.74, 6) is -1.64. The van der Waals surface area contributed by atoms with Crippen LogP contribution in [0.5, 0.6) is 11.5 Å². The van der Waals surface area contributed by atoms with Crippen molar-refractivity contribution in [2.24, 2.45) is 0 Å². The highest BCUT2D eigenvalue weighted by Gasteiger charge is 2.31. The number of rotatable bonds is 3. The van der Waals surface area contributed by atoms with E-state index < -0.39 is 11.6 Å². The molecule has 1 unspecified atom stereocenters. The van der Waals surface area contributed by atoms with Gasteiger partial charge in [0.2, 0.25) is 0 Å². The molecular weight excluding hydrogens is 200 g/mol. The zero-order valence-corrected chi connectivity index (χ0v) is 8.14. The van der Waals surface area contributed by atoms with E-state index in [4.69, 9.17) is 10.2 Å². The van der Waals surface area contributed by atoms with E-state index >= 15 is 0 Å². The fraction of sp³-hybridized carbons (Fsp3) is 0.300. The molecule has 5 nitrogen and oxygen atoms in total. The monoisotopic (exact) mass is 212 g/mol. The van der Waals surface area contributed by atoms with Crippen molar-refractivity contribution in [3.8, 4) is 11.5 Å². The molecule has 5 heteroatoms. The maximum atomic E-state index is 10.6. The van der Waals surface area contributed by atoms with Gasteiger partial charge in [-0.1, -0.05) is 0 Å². The Morgan fingerprint density at radius 3 is 2.53 bits per heavy atom. The molecule has 0 aromatic heterocycles. The minimum Gasteiger partial charge on any atom is -0.508 e. The van der Waals surface area contributed by atoms with Crippen LogP contribution < -0.4 is 0 Å². The highest BCUT2D eigenvalue weighted by Crippen LogP contribution is 2.26. The average molecular weight is 212 g/mol. The van der Waals surface area contributed by atoms with Gasteiger partial charge in [0, 0.05) is 12.0 Å². The van der Waals surface area contributed by atoms with E-state index in [0.717, 1.165) is 6.92 Å². The third kappa shape index (κ3) is 2.60. The van der Waals surface area contributed by atoms with E-state index in [9.17, 15) is 15.0 Å². The van der Waals surface area contributed by atoms with Gasteiger partial charge in [-0.3, -0.25) is 0 Å². The van der Waals surface area contributed by atoms with Gasteiger partial charge in [-0.2, -0.15) is 0 Å². The van der Waals surface area contributed by atoms with Crippen LogP contribution >= 0.6 is 0 Å². The summed E-state index contributed by atoms with van der Waals surface area (Å²) in [6.45, 7) is 1.12. The van der Waals surface area contributed by atoms with Gasteiger partial charge in [0.05, 0.1) is 0 Å². The predicted octanol–water partition coefficient (Wildman–Crippen LogP) is 0.476. The van der Waals surface area contributed by atoms with Crippen LogP contribution in [0.15, 0.2) is 18.2 Å². The van der Waals surface area contributed by atoms with Crippen LogP contribution in [-0.4, -0.2) is 32.0 Å². The van der Waals surface area contributed by atoms with Crippen molar-refractivity contribution >= 4 is 5.97 Å². The van der Waals surface area contributed by atoms with Gasteiger partial charge in [0.1, 0.15) is 11.5 Å². The van der Waals surface area contributed by atoms with E-state index in [2.05, 4.69) is 0 Å². The Kier molecular flexibility index (Phi) is 2.85. The van der Waals surface area contributed by atoms with E-state index in [1.807, 2.05) is 0 Å². The predicted molar refractivity (Wildman–Crippen MR) is 51.7 cm³/mol. The molecule has 0 aliphatic carbocycles. The molecule has 15 heavy (non-hydrogen) atoms. The molecule has 0 spiro atoms. The van der Waals surface area contributed by atoms with Crippen LogP contribution in [0.3, 0.4) is 0 Å². The number of carbonyl (C=O) groups is 1. The quantitative estimate of drug-likeness (QED) is 0.546. The fourth-order valence-corrected chi connectivity index (χ4v) is 1.16. The summed E-state index contributed by atoms with van der Waals surface area (Å²) in [6, 6.07) is 3.73. The Labute approximate surface area is 86.2 Å². The fourth-order valence-electron chi connectivity index (χ4n) is 1.16. The van der Waals surface area contributed by atoms with Crippen molar-refractivity contribution in [2.75, 3.05) is 0 Å². The Morgan fingerprint density at radius 1 is 1.40 bits per heavy atom. The van der Waals surface area contributed by atoms with Crippen molar-refractivity contribution in [1.29, 1.82) is 0 Å². The SMILES string of the molecule is CC(O)(Cc1cc(O)ccc1O)C(=O)O. The van der Waals surface area contributed by atoms with E-state index in [1.54, 1.807) is 0 Å². The lowest BCUT2D eigenvalue weighted by Crippen LogP contribution is -2.37. The molecule has 82 valence electrons. The van der Waals surface area contributed by atoms with E-state index in [0.29, 0.717) is 0 Å². The number of carboxylic acids is 1. The first-order chi connectivity index (χ1) is 6.83. The molecule has 0 radical (unpaired) electrons. The lowest BCUT2D eigenvalue weighted by Gasteiger charge is -2.18. The Hall–Kier alpha value is -1.75. The molecule has 0 aliphatic rings. The first-order valence-corrected chi connectivity index (χ1v) is 4.29. The maximum absolute atomic E-state index is 10.6. The third-order valence-electron chi connectivity index (χ3n) is 2.06. The molecule has 0 aliphatic heterocycles. The molecule has 4 N–H and O–H groups in total. The molecule has 1 rings (SSSR count). The van der Waals surface area contributed by atoms with Crippen molar-refractivity contribution in [3.05, 3.63) is 23.8 Å². The number of benzene rings is 1. The normalized spacial score (nSPS) is 14.5. The molecule has 0 saturated heterocycles. The zero-order valence-electron chi connectivity index (χ0n) is 8.14. The maximum Gasteiger partial charge on any atom is 0.335 e. The van der Waals surface area contributed by atoms with Gasteiger partial charge in [-0.25, -0.2) is 4.79 Å². The van der Waals surface area contributed by atoms with Crippen molar-refractivity contribution in [3.63, 3.8) is 0 Å². The highest BCUT2D eigenvalue weighted by atomic mass is 16.4. The van der Waals surface area contributed by atoms with Crippen molar-refractivity contribution in [2.45, 2.75) is 18.9 Å².